The molecule has 1 fully saturated rings. The number of halogens is 2. The number of pyridine rings is 2. The van der Waals surface area contributed by atoms with E-state index >= 15 is 0 Å². The van der Waals surface area contributed by atoms with E-state index in [0.717, 1.165) is 36.3 Å². The quantitative estimate of drug-likeness (QED) is 0.614. The van der Waals surface area contributed by atoms with Gasteiger partial charge in [0.25, 0.3) is 0 Å². The van der Waals surface area contributed by atoms with Gasteiger partial charge in [-0.1, -0.05) is 0 Å². The minimum absolute atomic E-state index is 0.118. The van der Waals surface area contributed by atoms with Gasteiger partial charge < -0.3 is 9.55 Å². The topological polar surface area (TPSA) is 63.6 Å². The molecular weight excluding hydrogens is 338 g/mol. The minimum atomic E-state index is -1.05. The van der Waals surface area contributed by atoms with E-state index in [-0.39, 0.29) is 5.52 Å². The van der Waals surface area contributed by atoms with Crippen LogP contribution in [0.25, 0.3) is 22.4 Å². The summed E-state index contributed by atoms with van der Waals surface area (Å²) in [6.07, 6.45) is 4.07. The number of nitrogens with zero attached hydrogens (tertiary/aromatic N) is 3. The van der Waals surface area contributed by atoms with Crippen molar-refractivity contribution in [2.75, 3.05) is 0 Å². The summed E-state index contributed by atoms with van der Waals surface area (Å²) in [5.74, 6) is -0.0209. The highest BCUT2D eigenvalue weighted by Gasteiger charge is 2.29. The lowest BCUT2D eigenvalue weighted by Crippen LogP contribution is -2.12. The number of hydrogen-bond donors (Lipinski definition) is 1. The van der Waals surface area contributed by atoms with Gasteiger partial charge in [-0.15, -0.1) is 0 Å². The molecule has 0 spiro atoms. The molecule has 0 amide bonds. The normalized spacial score (nSPS) is 14.4. The van der Waals surface area contributed by atoms with Crippen molar-refractivity contribution in [2.24, 2.45) is 0 Å². The Balaban J connectivity index is 1.65. The van der Waals surface area contributed by atoms with E-state index in [1.807, 2.05) is 22.9 Å². The number of H-pyrrole nitrogens is 1. The zero-order chi connectivity index (χ0) is 17.8. The summed E-state index contributed by atoms with van der Waals surface area (Å²) < 4.78 is 29.5. The Morgan fingerprint density at radius 1 is 1.19 bits per heavy atom. The molecule has 0 radical (unpaired) electrons. The van der Waals surface area contributed by atoms with Crippen LogP contribution in [0.4, 0.5) is 8.78 Å². The summed E-state index contributed by atoms with van der Waals surface area (Å²) >= 11 is 0. The van der Waals surface area contributed by atoms with Gasteiger partial charge in [-0.2, -0.15) is 0 Å². The fourth-order valence-corrected chi connectivity index (χ4v) is 3.30. The monoisotopic (exact) mass is 352 g/mol. The number of imidazole rings is 1. The predicted molar refractivity (Wildman–Crippen MR) is 92.2 cm³/mol. The third-order valence-electron chi connectivity index (χ3n) is 4.75. The van der Waals surface area contributed by atoms with Crippen molar-refractivity contribution in [3.05, 3.63) is 69.9 Å². The van der Waals surface area contributed by atoms with Crippen LogP contribution in [0, 0.1) is 11.6 Å². The van der Waals surface area contributed by atoms with Gasteiger partial charge in [0.2, 0.25) is 5.56 Å². The van der Waals surface area contributed by atoms with Crippen LogP contribution in [0.1, 0.15) is 30.1 Å². The van der Waals surface area contributed by atoms with E-state index in [1.165, 1.54) is 12.1 Å². The SMILES string of the molecule is O=c1cc(Cn2cccc3nc(C4CC4)nc2-3)c2ccc(F)c(F)c2[nH]1. The van der Waals surface area contributed by atoms with E-state index in [0.29, 0.717) is 23.4 Å². The molecule has 1 saturated carbocycles. The Morgan fingerprint density at radius 2 is 2.04 bits per heavy atom. The first kappa shape index (κ1) is 15.2. The number of benzene rings is 1. The molecule has 0 atom stereocenters. The first-order valence-corrected chi connectivity index (χ1v) is 8.43. The Labute approximate surface area is 146 Å². The zero-order valence-electron chi connectivity index (χ0n) is 13.7. The highest BCUT2D eigenvalue weighted by Crippen LogP contribution is 2.40. The molecule has 1 aliphatic carbocycles. The van der Waals surface area contributed by atoms with Crippen molar-refractivity contribution in [2.45, 2.75) is 25.3 Å². The standard InChI is InChI=1S/C19H14F2N4O/c20-13-6-5-12-11(8-15(26)23-17(12)16(13)21)9-25-7-1-2-14-19(25)24-18(22-14)10-3-4-10/h1-2,5-8,10H,3-4,9H2,(H,23,26). The van der Waals surface area contributed by atoms with Gasteiger partial charge in [0.05, 0.1) is 5.52 Å². The molecule has 5 nitrogen and oxygen atoms in total. The van der Waals surface area contributed by atoms with Gasteiger partial charge in [0.15, 0.2) is 17.5 Å². The van der Waals surface area contributed by atoms with Crippen LogP contribution in [0.5, 0.6) is 0 Å². The van der Waals surface area contributed by atoms with Gasteiger partial charge in [-0.25, -0.2) is 18.7 Å². The van der Waals surface area contributed by atoms with Crippen LogP contribution < -0.4 is 5.56 Å². The maximum Gasteiger partial charge on any atom is 0.248 e. The van der Waals surface area contributed by atoms with E-state index in [2.05, 4.69) is 15.0 Å². The Morgan fingerprint density at radius 3 is 2.85 bits per heavy atom. The molecule has 7 heteroatoms. The van der Waals surface area contributed by atoms with Crippen LogP contribution in [-0.2, 0) is 6.54 Å². The summed E-state index contributed by atoms with van der Waals surface area (Å²) in [5.41, 5.74) is 0.793. The molecule has 3 heterocycles. The van der Waals surface area contributed by atoms with Gasteiger partial charge >= 0.3 is 0 Å². The number of aromatic nitrogens is 4. The van der Waals surface area contributed by atoms with Gasteiger partial charge in [-0.05, 0) is 42.7 Å². The van der Waals surface area contributed by atoms with E-state index < -0.39 is 17.2 Å². The highest BCUT2D eigenvalue weighted by atomic mass is 19.2. The Kier molecular flexibility index (Phi) is 3.19. The fourth-order valence-electron chi connectivity index (χ4n) is 3.30. The predicted octanol–water partition coefficient (Wildman–Crippen LogP) is 3.43. The third kappa shape index (κ3) is 2.39. The number of aromatic amines is 1. The Hall–Kier alpha value is -3.09. The molecule has 0 unspecified atom stereocenters. The molecule has 5 rings (SSSR count). The molecule has 1 aromatic heterocycles. The van der Waals surface area contributed by atoms with Crippen molar-refractivity contribution in [3.8, 4) is 11.5 Å². The molecule has 0 saturated heterocycles. The summed E-state index contributed by atoms with van der Waals surface area (Å²) in [5, 5.41) is 0.468. The lowest BCUT2D eigenvalue weighted by molar-refractivity contribution is 0.515. The maximum absolute atomic E-state index is 14.1. The molecule has 2 aliphatic heterocycles. The van der Waals surface area contributed by atoms with Crippen LogP contribution in [0.15, 0.2) is 41.3 Å². The van der Waals surface area contributed by atoms with Crippen LogP contribution in [-0.4, -0.2) is 19.5 Å². The van der Waals surface area contributed by atoms with Gasteiger partial charge in [0, 0.05) is 30.1 Å². The summed E-state index contributed by atoms with van der Waals surface area (Å²) in [7, 11) is 0. The second-order valence-electron chi connectivity index (χ2n) is 6.64. The lowest BCUT2D eigenvalue weighted by Gasteiger charge is -2.12. The molecule has 2 aromatic rings. The van der Waals surface area contributed by atoms with Crippen molar-refractivity contribution < 1.29 is 8.78 Å². The van der Waals surface area contributed by atoms with Crippen molar-refractivity contribution in [1.29, 1.82) is 0 Å². The Bertz CT molecular complexity index is 1180. The van der Waals surface area contributed by atoms with E-state index in [1.54, 1.807) is 0 Å². The largest absolute Gasteiger partial charge is 0.327 e. The molecule has 1 N–H and O–H groups in total. The van der Waals surface area contributed by atoms with Crippen LogP contribution in [0.2, 0.25) is 0 Å². The molecular formula is C19H14F2N4O. The summed E-state index contributed by atoms with van der Waals surface area (Å²) in [6.45, 7) is 0.311. The number of fused-ring (bicyclic) bond motifs is 2. The first-order valence-electron chi connectivity index (χ1n) is 8.43. The van der Waals surface area contributed by atoms with Crippen LogP contribution >= 0.6 is 0 Å². The number of rotatable bonds is 3. The molecule has 3 aliphatic rings. The average Bonchev–Trinajstić information content (AvgIpc) is 3.38. The van der Waals surface area contributed by atoms with Crippen LogP contribution in [0.3, 0.4) is 0 Å². The highest BCUT2D eigenvalue weighted by molar-refractivity contribution is 5.82. The summed E-state index contributed by atoms with van der Waals surface area (Å²) in [6, 6.07) is 7.72. The number of hydrogen-bond acceptors (Lipinski definition) is 3. The smallest absolute Gasteiger partial charge is 0.248 e. The second kappa shape index (κ2) is 5.45. The second-order valence-corrected chi connectivity index (χ2v) is 6.64. The lowest BCUT2D eigenvalue weighted by atomic mass is 10.1. The summed E-state index contributed by atoms with van der Waals surface area (Å²) in [4.78, 5) is 23.5. The maximum atomic E-state index is 14.1. The van der Waals surface area contributed by atoms with E-state index in [4.69, 9.17) is 0 Å². The molecule has 0 bridgehead atoms. The molecule has 130 valence electrons. The van der Waals surface area contributed by atoms with Crippen molar-refractivity contribution in [3.63, 3.8) is 0 Å². The third-order valence-corrected chi connectivity index (χ3v) is 4.75. The van der Waals surface area contributed by atoms with Crippen molar-refractivity contribution >= 4 is 10.9 Å². The first-order chi connectivity index (χ1) is 12.6. The molecule has 26 heavy (non-hydrogen) atoms. The molecule has 1 aromatic carbocycles. The minimum Gasteiger partial charge on any atom is -0.327 e. The average molecular weight is 352 g/mol. The zero-order valence-corrected chi connectivity index (χ0v) is 13.7. The number of nitrogens with one attached hydrogen (secondary N) is 1. The van der Waals surface area contributed by atoms with Crippen molar-refractivity contribution in [1.82, 2.24) is 19.5 Å². The van der Waals surface area contributed by atoms with Gasteiger partial charge in [0.1, 0.15) is 11.5 Å². The van der Waals surface area contributed by atoms with Gasteiger partial charge in [-0.3, -0.25) is 4.79 Å². The fraction of sp³-hybridized carbons (Fsp3) is 0.211. The van der Waals surface area contributed by atoms with E-state index in [9.17, 15) is 13.6 Å².